The highest BCUT2D eigenvalue weighted by Crippen LogP contribution is 2.32. The Morgan fingerprint density at radius 3 is 3.00 bits per heavy atom. The van der Waals surface area contributed by atoms with Crippen molar-refractivity contribution in [3.8, 4) is 0 Å². The van der Waals surface area contributed by atoms with E-state index in [1.165, 1.54) is 4.88 Å². The van der Waals surface area contributed by atoms with Crippen LogP contribution in [-0.4, -0.2) is 42.1 Å². The zero-order chi connectivity index (χ0) is 14.8. The molecule has 21 heavy (non-hydrogen) atoms. The average Bonchev–Trinajstić information content (AvgIpc) is 2.90. The third-order valence-electron chi connectivity index (χ3n) is 3.44. The Kier molecular flexibility index (Phi) is 3.92. The maximum Gasteiger partial charge on any atom is 0.239 e. The monoisotopic (exact) mass is 305 g/mol. The van der Waals surface area contributed by atoms with Crippen molar-refractivity contribution in [2.75, 3.05) is 36.4 Å². The Hall–Kier alpha value is -1.89. The number of aromatic nitrogens is 2. The van der Waals surface area contributed by atoms with Crippen molar-refractivity contribution in [3.05, 3.63) is 10.9 Å². The van der Waals surface area contributed by atoms with Crippen LogP contribution in [0.2, 0.25) is 0 Å². The molecule has 0 spiro atoms. The Morgan fingerprint density at radius 2 is 2.29 bits per heavy atom. The van der Waals surface area contributed by atoms with Crippen molar-refractivity contribution in [1.82, 2.24) is 15.3 Å². The Balaban J connectivity index is 2.08. The Labute approximate surface area is 127 Å². The van der Waals surface area contributed by atoms with Gasteiger partial charge in [0.15, 0.2) is 0 Å². The molecule has 0 saturated carbocycles. The summed E-state index contributed by atoms with van der Waals surface area (Å²) in [5, 5.41) is 7.07. The van der Waals surface area contributed by atoms with Gasteiger partial charge < -0.3 is 15.5 Å². The summed E-state index contributed by atoms with van der Waals surface area (Å²) in [5.41, 5.74) is 0. The lowest BCUT2D eigenvalue weighted by molar-refractivity contribution is -0.120. The zero-order valence-corrected chi connectivity index (χ0v) is 13.1. The van der Waals surface area contributed by atoms with E-state index in [-0.39, 0.29) is 5.91 Å². The SMILES string of the molecule is CCNc1nc(N2CCNC(=O)C2)c2cc(CC)sc2n1. The number of amides is 1. The lowest BCUT2D eigenvalue weighted by Gasteiger charge is -2.28. The lowest BCUT2D eigenvalue weighted by Crippen LogP contribution is -2.48. The molecular formula is C14H19N5OS. The first kappa shape index (κ1) is 14.1. The summed E-state index contributed by atoms with van der Waals surface area (Å²) in [6, 6.07) is 2.15. The van der Waals surface area contributed by atoms with E-state index in [0.29, 0.717) is 19.0 Å². The van der Waals surface area contributed by atoms with Crippen LogP contribution in [0.3, 0.4) is 0 Å². The van der Waals surface area contributed by atoms with Crippen molar-refractivity contribution in [1.29, 1.82) is 0 Å². The average molecular weight is 305 g/mol. The second kappa shape index (κ2) is 5.85. The minimum absolute atomic E-state index is 0.0453. The quantitative estimate of drug-likeness (QED) is 0.898. The van der Waals surface area contributed by atoms with Crippen molar-refractivity contribution >= 4 is 39.2 Å². The number of hydrogen-bond acceptors (Lipinski definition) is 6. The number of anilines is 2. The van der Waals surface area contributed by atoms with Crippen LogP contribution in [0.1, 0.15) is 18.7 Å². The number of rotatable bonds is 4. The molecule has 1 aliphatic rings. The molecular weight excluding hydrogens is 286 g/mol. The van der Waals surface area contributed by atoms with Gasteiger partial charge in [0.1, 0.15) is 10.6 Å². The lowest BCUT2D eigenvalue weighted by atomic mass is 10.2. The number of piperazine rings is 1. The molecule has 1 aliphatic heterocycles. The van der Waals surface area contributed by atoms with Gasteiger partial charge in [-0.05, 0) is 19.4 Å². The first-order valence-electron chi connectivity index (χ1n) is 7.27. The van der Waals surface area contributed by atoms with Gasteiger partial charge in [0, 0.05) is 24.5 Å². The summed E-state index contributed by atoms with van der Waals surface area (Å²) >= 11 is 1.70. The molecule has 0 unspecified atom stereocenters. The van der Waals surface area contributed by atoms with Crippen LogP contribution in [-0.2, 0) is 11.2 Å². The van der Waals surface area contributed by atoms with E-state index in [1.807, 2.05) is 11.8 Å². The molecule has 2 N–H and O–H groups in total. The molecule has 3 heterocycles. The highest BCUT2D eigenvalue weighted by Gasteiger charge is 2.21. The van der Waals surface area contributed by atoms with Crippen LogP contribution in [0, 0.1) is 0 Å². The second-order valence-corrected chi connectivity index (χ2v) is 6.07. The molecule has 1 amide bonds. The van der Waals surface area contributed by atoms with Gasteiger partial charge in [0.25, 0.3) is 0 Å². The van der Waals surface area contributed by atoms with Crippen molar-refractivity contribution in [3.63, 3.8) is 0 Å². The first-order valence-corrected chi connectivity index (χ1v) is 8.09. The van der Waals surface area contributed by atoms with Crippen molar-refractivity contribution in [2.24, 2.45) is 0 Å². The van der Waals surface area contributed by atoms with Crippen molar-refractivity contribution in [2.45, 2.75) is 20.3 Å². The highest BCUT2D eigenvalue weighted by atomic mass is 32.1. The third kappa shape index (κ3) is 2.78. The molecule has 3 rings (SSSR count). The summed E-state index contributed by atoms with van der Waals surface area (Å²) in [5.74, 6) is 1.54. The van der Waals surface area contributed by atoms with Crippen molar-refractivity contribution < 1.29 is 4.79 Å². The summed E-state index contributed by atoms with van der Waals surface area (Å²) in [6.45, 7) is 6.73. The molecule has 2 aromatic rings. The van der Waals surface area contributed by atoms with Crippen LogP contribution >= 0.6 is 11.3 Å². The minimum atomic E-state index is 0.0453. The number of hydrogen-bond donors (Lipinski definition) is 2. The number of aryl methyl sites for hydroxylation is 1. The van der Waals surface area contributed by atoms with Gasteiger partial charge in [0.2, 0.25) is 11.9 Å². The Morgan fingerprint density at radius 1 is 1.43 bits per heavy atom. The topological polar surface area (TPSA) is 70.2 Å². The molecule has 112 valence electrons. The molecule has 0 radical (unpaired) electrons. The zero-order valence-electron chi connectivity index (χ0n) is 12.3. The van der Waals surface area contributed by atoms with Gasteiger partial charge >= 0.3 is 0 Å². The van der Waals surface area contributed by atoms with Crippen LogP contribution in [0.5, 0.6) is 0 Å². The normalized spacial score (nSPS) is 15.3. The fourth-order valence-electron chi connectivity index (χ4n) is 2.43. The first-order chi connectivity index (χ1) is 10.2. The molecule has 0 atom stereocenters. The van der Waals surface area contributed by atoms with Gasteiger partial charge in [-0.3, -0.25) is 4.79 Å². The fraction of sp³-hybridized carbons (Fsp3) is 0.500. The third-order valence-corrected chi connectivity index (χ3v) is 4.62. The molecule has 6 nitrogen and oxygen atoms in total. The molecule has 1 fully saturated rings. The molecule has 1 saturated heterocycles. The maximum atomic E-state index is 11.6. The van der Waals surface area contributed by atoms with Gasteiger partial charge in [-0.1, -0.05) is 6.92 Å². The van der Waals surface area contributed by atoms with Crippen LogP contribution in [0.4, 0.5) is 11.8 Å². The van der Waals surface area contributed by atoms with Gasteiger partial charge in [0.05, 0.1) is 11.9 Å². The molecule has 0 aliphatic carbocycles. The molecule has 0 bridgehead atoms. The number of nitrogens with one attached hydrogen (secondary N) is 2. The summed E-state index contributed by atoms with van der Waals surface area (Å²) < 4.78 is 0. The second-order valence-electron chi connectivity index (χ2n) is 4.96. The van der Waals surface area contributed by atoms with Gasteiger partial charge in [-0.2, -0.15) is 4.98 Å². The summed E-state index contributed by atoms with van der Waals surface area (Å²) in [7, 11) is 0. The van der Waals surface area contributed by atoms with Crippen LogP contribution in [0.25, 0.3) is 10.2 Å². The molecule has 7 heteroatoms. The number of carbonyl (C=O) groups excluding carboxylic acids is 1. The highest BCUT2D eigenvalue weighted by molar-refractivity contribution is 7.18. The number of fused-ring (bicyclic) bond motifs is 1. The molecule has 0 aromatic carbocycles. The van der Waals surface area contributed by atoms with E-state index in [2.05, 4.69) is 33.6 Å². The fourth-order valence-corrected chi connectivity index (χ4v) is 3.39. The predicted octanol–water partition coefficient (Wildman–Crippen LogP) is 1.62. The van der Waals surface area contributed by atoms with Crippen LogP contribution in [0.15, 0.2) is 6.07 Å². The van der Waals surface area contributed by atoms with Crippen LogP contribution < -0.4 is 15.5 Å². The van der Waals surface area contributed by atoms with E-state index < -0.39 is 0 Å². The number of nitrogens with zero attached hydrogens (tertiary/aromatic N) is 3. The van der Waals surface area contributed by atoms with E-state index in [0.717, 1.165) is 35.5 Å². The van der Waals surface area contributed by atoms with E-state index in [1.54, 1.807) is 11.3 Å². The predicted molar refractivity (Wildman–Crippen MR) is 86.2 cm³/mol. The van der Waals surface area contributed by atoms with E-state index in [4.69, 9.17) is 0 Å². The number of thiophene rings is 1. The van der Waals surface area contributed by atoms with E-state index in [9.17, 15) is 4.79 Å². The maximum absolute atomic E-state index is 11.6. The van der Waals surface area contributed by atoms with Gasteiger partial charge in [-0.15, -0.1) is 11.3 Å². The smallest absolute Gasteiger partial charge is 0.239 e. The largest absolute Gasteiger partial charge is 0.354 e. The minimum Gasteiger partial charge on any atom is -0.354 e. The number of carbonyl (C=O) groups is 1. The summed E-state index contributed by atoms with van der Waals surface area (Å²) in [4.78, 5) is 25.2. The molecule has 2 aromatic heterocycles. The van der Waals surface area contributed by atoms with Gasteiger partial charge in [-0.25, -0.2) is 4.98 Å². The Bertz CT molecular complexity index is 669. The van der Waals surface area contributed by atoms with E-state index >= 15 is 0 Å². The summed E-state index contributed by atoms with van der Waals surface area (Å²) in [6.07, 6.45) is 0.984. The standard InChI is InChI=1S/C14H19N5OS/c1-3-9-7-10-12(19-6-5-16-11(20)8-19)17-14(15-4-2)18-13(10)21-9/h7H,3-6,8H2,1-2H3,(H,16,20)(H,15,17,18).